The van der Waals surface area contributed by atoms with E-state index in [4.69, 9.17) is 9.26 Å². The van der Waals surface area contributed by atoms with Gasteiger partial charge in [0.2, 0.25) is 0 Å². The molecule has 0 aliphatic carbocycles. The molecule has 2 rings (SSSR count). The zero-order valence-corrected chi connectivity index (χ0v) is 13.2. The van der Waals surface area contributed by atoms with Gasteiger partial charge in [0, 0.05) is 30.4 Å². The molecule has 118 valence electrons. The highest BCUT2D eigenvalue weighted by atomic mass is 16.6. The Morgan fingerprint density at radius 3 is 2.68 bits per heavy atom. The lowest BCUT2D eigenvalue weighted by atomic mass is 10.1. The van der Waals surface area contributed by atoms with Crippen molar-refractivity contribution < 1.29 is 14.1 Å². The Morgan fingerprint density at radius 2 is 2.05 bits per heavy atom. The third-order valence-electron chi connectivity index (χ3n) is 2.76. The molecule has 1 N–H and O–H groups in total. The van der Waals surface area contributed by atoms with Crippen molar-refractivity contribution in [3.05, 3.63) is 30.4 Å². The zero-order chi connectivity index (χ0) is 16.2. The molecule has 2 aromatic heterocycles. The van der Waals surface area contributed by atoms with E-state index in [1.807, 2.05) is 27.7 Å². The van der Waals surface area contributed by atoms with E-state index in [2.05, 4.69) is 20.4 Å². The van der Waals surface area contributed by atoms with Gasteiger partial charge >= 0.3 is 6.09 Å². The van der Waals surface area contributed by atoms with Gasteiger partial charge in [0.1, 0.15) is 5.60 Å². The molecular formula is C15H20N4O3. The first-order valence-corrected chi connectivity index (χ1v) is 7.06. The SMILES string of the molecule is CC(CNC(=O)OC(C)(C)C)c1noc(-c2ccncc2)n1. The van der Waals surface area contributed by atoms with Crippen molar-refractivity contribution in [2.45, 2.75) is 39.2 Å². The topological polar surface area (TPSA) is 90.1 Å². The van der Waals surface area contributed by atoms with Gasteiger partial charge in [-0.3, -0.25) is 4.98 Å². The van der Waals surface area contributed by atoms with E-state index in [0.717, 1.165) is 5.56 Å². The molecule has 22 heavy (non-hydrogen) atoms. The fourth-order valence-corrected chi connectivity index (χ4v) is 1.69. The highest BCUT2D eigenvalue weighted by Gasteiger charge is 2.19. The summed E-state index contributed by atoms with van der Waals surface area (Å²) in [5.74, 6) is 0.872. The van der Waals surface area contributed by atoms with Gasteiger partial charge in [-0.1, -0.05) is 12.1 Å². The molecule has 2 heterocycles. The molecule has 0 aromatic carbocycles. The van der Waals surface area contributed by atoms with Gasteiger partial charge in [-0.15, -0.1) is 0 Å². The standard InChI is InChI=1S/C15H20N4O3/c1-10(9-17-14(20)21-15(2,3)4)12-18-13(22-19-12)11-5-7-16-8-6-11/h5-8,10H,9H2,1-4H3,(H,17,20). The minimum Gasteiger partial charge on any atom is -0.444 e. The summed E-state index contributed by atoms with van der Waals surface area (Å²) >= 11 is 0. The molecule has 0 radical (unpaired) electrons. The fraction of sp³-hybridized carbons (Fsp3) is 0.467. The predicted octanol–water partition coefficient (Wildman–Crippen LogP) is 2.76. The molecule has 0 fully saturated rings. The number of pyridine rings is 1. The maximum Gasteiger partial charge on any atom is 0.407 e. The number of aromatic nitrogens is 3. The summed E-state index contributed by atoms with van der Waals surface area (Å²) in [6, 6.07) is 3.59. The quantitative estimate of drug-likeness (QED) is 0.934. The van der Waals surface area contributed by atoms with E-state index >= 15 is 0 Å². The van der Waals surface area contributed by atoms with Crippen LogP contribution >= 0.6 is 0 Å². The summed E-state index contributed by atoms with van der Waals surface area (Å²) in [5, 5.41) is 6.64. The van der Waals surface area contributed by atoms with Crippen LogP contribution in [-0.2, 0) is 4.74 Å². The lowest BCUT2D eigenvalue weighted by molar-refractivity contribution is 0.0524. The van der Waals surface area contributed by atoms with Crippen LogP contribution in [0.4, 0.5) is 4.79 Å². The molecule has 0 bridgehead atoms. The number of rotatable bonds is 4. The van der Waals surface area contributed by atoms with Crippen molar-refractivity contribution in [3.63, 3.8) is 0 Å². The van der Waals surface area contributed by atoms with Gasteiger partial charge in [-0.2, -0.15) is 4.98 Å². The molecule has 7 nitrogen and oxygen atoms in total. The normalized spacial score (nSPS) is 12.7. The maximum absolute atomic E-state index is 11.6. The van der Waals surface area contributed by atoms with Crippen LogP contribution < -0.4 is 5.32 Å². The lowest BCUT2D eigenvalue weighted by Crippen LogP contribution is -2.34. The monoisotopic (exact) mass is 304 g/mol. The Morgan fingerprint density at radius 1 is 1.36 bits per heavy atom. The molecular weight excluding hydrogens is 284 g/mol. The highest BCUT2D eigenvalue weighted by Crippen LogP contribution is 2.19. The predicted molar refractivity (Wildman–Crippen MR) is 80.2 cm³/mol. The van der Waals surface area contributed by atoms with Crippen LogP contribution in [-0.4, -0.2) is 33.4 Å². The van der Waals surface area contributed by atoms with Gasteiger partial charge in [0.15, 0.2) is 5.82 Å². The number of hydrogen-bond donors (Lipinski definition) is 1. The molecule has 1 unspecified atom stereocenters. The van der Waals surface area contributed by atoms with Gasteiger partial charge in [-0.05, 0) is 32.9 Å². The van der Waals surface area contributed by atoms with E-state index in [1.54, 1.807) is 24.5 Å². The Hall–Kier alpha value is -2.44. The summed E-state index contributed by atoms with van der Waals surface area (Å²) in [6.07, 6.45) is 2.86. The number of nitrogens with one attached hydrogen (secondary N) is 1. The average molecular weight is 304 g/mol. The van der Waals surface area contributed by atoms with Crippen molar-refractivity contribution >= 4 is 6.09 Å². The van der Waals surface area contributed by atoms with E-state index < -0.39 is 11.7 Å². The highest BCUT2D eigenvalue weighted by molar-refractivity contribution is 5.67. The Labute approximate surface area is 129 Å². The van der Waals surface area contributed by atoms with Crippen LogP contribution in [0.1, 0.15) is 39.4 Å². The molecule has 0 aliphatic rings. The second-order valence-electron chi connectivity index (χ2n) is 5.98. The Bertz CT molecular complexity index is 619. The molecule has 7 heteroatoms. The third kappa shape index (κ3) is 4.54. The summed E-state index contributed by atoms with van der Waals surface area (Å²) in [4.78, 5) is 19.9. The lowest BCUT2D eigenvalue weighted by Gasteiger charge is -2.20. The van der Waals surface area contributed by atoms with Gasteiger partial charge < -0.3 is 14.6 Å². The van der Waals surface area contributed by atoms with E-state index in [9.17, 15) is 4.79 Å². The first kappa shape index (κ1) is 15.9. The van der Waals surface area contributed by atoms with Gasteiger partial charge in [-0.25, -0.2) is 4.79 Å². The van der Waals surface area contributed by atoms with E-state index in [0.29, 0.717) is 18.3 Å². The molecule has 1 atom stereocenters. The van der Waals surface area contributed by atoms with Crippen molar-refractivity contribution in [2.24, 2.45) is 0 Å². The minimum absolute atomic E-state index is 0.0909. The Balaban J connectivity index is 1.92. The van der Waals surface area contributed by atoms with Crippen LogP contribution in [0.25, 0.3) is 11.5 Å². The average Bonchev–Trinajstić information content (AvgIpc) is 2.94. The van der Waals surface area contributed by atoms with E-state index in [1.165, 1.54) is 0 Å². The largest absolute Gasteiger partial charge is 0.444 e. The first-order chi connectivity index (χ1) is 10.3. The van der Waals surface area contributed by atoms with Gasteiger partial charge in [0.05, 0.1) is 0 Å². The van der Waals surface area contributed by atoms with Gasteiger partial charge in [0.25, 0.3) is 5.89 Å². The van der Waals surface area contributed by atoms with Crippen LogP contribution in [0, 0.1) is 0 Å². The summed E-state index contributed by atoms with van der Waals surface area (Å²) in [5.41, 5.74) is 0.287. The van der Waals surface area contributed by atoms with Crippen molar-refractivity contribution in [3.8, 4) is 11.5 Å². The second kappa shape index (κ2) is 6.55. The minimum atomic E-state index is -0.520. The van der Waals surface area contributed by atoms with Crippen LogP contribution in [0.15, 0.2) is 29.0 Å². The van der Waals surface area contributed by atoms with Crippen LogP contribution in [0.5, 0.6) is 0 Å². The molecule has 0 saturated carbocycles. The Kier molecular flexibility index (Phi) is 4.75. The number of hydrogen-bond acceptors (Lipinski definition) is 6. The van der Waals surface area contributed by atoms with Crippen LogP contribution in [0.2, 0.25) is 0 Å². The van der Waals surface area contributed by atoms with Crippen molar-refractivity contribution in [2.75, 3.05) is 6.54 Å². The first-order valence-electron chi connectivity index (χ1n) is 7.06. The third-order valence-corrected chi connectivity index (χ3v) is 2.76. The summed E-state index contributed by atoms with van der Waals surface area (Å²) in [7, 11) is 0. The van der Waals surface area contributed by atoms with Crippen molar-refractivity contribution in [1.29, 1.82) is 0 Å². The number of amides is 1. The smallest absolute Gasteiger partial charge is 0.407 e. The summed E-state index contributed by atoms with van der Waals surface area (Å²) in [6.45, 7) is 7.71. The second-order valence-corrected chi connectivity index (χ2v) is 5.98. The number of nitrogens with zero attached hydrogens (tertiary/aromatic N) is 3. The van der Waals surface area contributed by atoms with E-state index in [-0.39, 0.29) is 5.92 Å². The zero-order valence-electron chi connectivity index (χ0n) is 13.2. The number of carbonyl (C=O) groups is 1. The molecule has 0 saturated heterocycles. The molecule has 0 aliphatic heterocycles. The number of ether oxygens (including phenoxy) is 1. The number of carbonyl (C=O) groups excluding carboxylic acids is 1. The molecule has 0 spiro atoms. The number of alkyl carbamates (subject to hydrolysis) is 1. The fourth-order valence-electron chi connectivity index (χ4n) is 1.69. The van der Waals surface area contributed by atoms with Crippen LogP contribution in [0.3, 0.4) is 0 Å². The molecule has 2 aromatic rings. The summed E-state index contributed by atoms with van der Waals surface area (Å²) < 4.78 is 10.4. The van der Waals surface area contributed by atoms with Crippen molar-refractivity contribution in [1.82, 2.24) is 20.4 Å². The maximum atomic E-state index is 11.6. The molecule has 1 amide bonds.